The number of halogens is 2. The van der Waals surface area contributed by atoms with Gasteiger partial charge in [0.05, 0.1) is 5.02 Å². The average molecular weight is 319 g/mol. The van der Waals surface area contributed by atoms with Gasteiger partial charge in [0, 0.05) is 17.9 Å². The van der Waals surface area contributed by atoms with Gasteiger partial charge in [-0.1, -0.05) is 29.8 Å². The molecule has 1 amide bonds. The second-order valence-corrected chi connectivity index (χ2v) is 5.77. The summed E-state index contributed by atoms with van der Waals surface area (Å²) in [5, 5.41) is 2.78. The third kappa shape index (κ3) is 2.79. The van der Waals surface area contributed by atoms with Crippen molar-refractivity contribution in [2.24, 2.45) is 0 Å². The van der Waals surface area contributed by atoms with E-state index >= 15 is 0 Å². The van der Waals surface area contributed by atoms with Crippen molar-refractivity contribution in [2.45, 2.75) is 19.4 Å². The summed E-state index contributed by atoms with van der Waals surface area (Å²) >= 11 is 5.73. The summed E-state index contributed by atoms with van der Waals surface area (Å²) in [6, 6.07) is 11.9. The summed E-state index contributed by atoms with van der Waals surface area (Å²) in [5.41, 5.74) is 2.85. The van der Waals surface area contributed by atoms with E-state index in [1.54, 1.807) is 0 Å². The molecular weight excluding hydrogens is 303 g/mol. The van der Waals surface area contributed by atoms with E-state index in [9.17, 15) is 9.18 Å². The van der Waals surface area contributed by atoms with Gasteiger partial charge in [-0.3, -0.25) is 4.79 Å². The van der Waals surface area contributed by atoms with E-state index in [4.69, 9.17) is 11.6 Å². The number of carbonyl (C=O) groups excluding carboxylic acids is 1. The third-order valence-electron chi connectivity index (χ3n) is 3.96. The molecule has 114 valence electrons. The van der Waals surface area contributed by atoms with E-state index in [1.165, 1.54) is 23.8 Å². The number of anilines is 2. The Kier molecular flexibility index (Phi) is 4.03. The highest BCUT2D eigenvalue weighted by molar-refractivity contribution is 6.31. The predicted octanol–water partition coefficient (Wildman–Crippen LogP) is 3.87. The Hall–Kier alpha value is -2.07. The standard InChI is InChI=1S/C17H16ClFN2O/c1-11(21-9-8-12-4-2-3-5-16(12)21)17(22)20-13-6-7-15(19)14(18)10-13/h2-7,10-11H,8-9H2,1H3,(H,20,22)/t11-/m0/s1. The van der Waals surface area contributed by atoms with Gasteiger partial charge in [-0.15, -0.1) is 0 Å². The van der Waals surface area contributed by atoms with Crippen LogP contribution in [0.25, 0.3) is 0 Å². The Labute approximate surface area is 133 Å². The molecule has 1 heterocycles. The first-order chi connectivity index (χ1) is 10.6. The van der Waals surface area contributed by atoms with Gasteiger partial charge in [-0.2, -0.15) is 0 Å². The Morgan fingerprint density at radius 3 is 2.86 bits per heavy atom. The first kappa shape index (κ1) is 14.9. The first-order valence-electron chi connectivity index (χ1n) is 7.17. The smallest absolute Gasteiger partial charge is 0.246 e. The number of rotatable bonds is 3. The Morgan fingerprint density at radius 1 is 1.32 bits per heavy atom. The minimum absolute atomic E-state index is 0.00280. The van der Waals surface area contributed by atoms with Gasteiger partial charge >= 0.3 is 0 Å². The summed E-state index contributed by atoms with van der Waals surface area (Å²) in [7, 11) is 0. The van der Waals surface area contributed by atoms with Crippen molar-refractivity contribution in [1.29, 1.82) is 0 Å². The summed E-state index contributed by atoms with van der Waals surface area (Å²) < 4.78 is 13.2. The SMILES string of the molecule is C[C@@H](C(=O)Nc1ccc(F)c(Cl)c1)N1CCc2ccccc21. The molecule has 0 unspecified atom stereocenters. The van der Waals surface area contributed by atoms with Crippen LogP contribution in [-0.2, 0) is 11.2 Å². The molecule has 0 saturated carbocycles. The van der Waals surface area contributed by atoms with Crippen molar-refractivity contribution in [3.8, 4) is 0 Å². The second kappa shape index (κ2) is 5.97. The van der Waals surface area contributed by atoms with Gasteiger partial charge in [0.2, 0.25) is 5.91 Å². The fraction of sp³-hybridized carbons (Fsp3) is 0.235. The van der Waals surface area contributed by atoms with E-state index in [0.29, 0.717) is 5.69 Å². The van der Waals surface area contributed by atoms with Crippen molar-refractivity contribution in [3.63, 3.8) is 0 Å². The quantitative estimate of drug-likeness (QED) is 0.931. The molecule has 0 saturated heterocycles. The van der Waals surface area contributed by atoms with Crippen molar-refractivity contribution < 1.29 is 9.18 Å². The molecular formula is C17H16ClFN2O. The summed E-state index contributed by atoms with van der Waals surface area (Å²) in [4.78, 5) is 14.5. The fourth-order valence-electron chi connectivity index (χ4n) is 2.73. The maximum atomic E-state index is 13.2. The van der Waals surface area contributed by atoms with E-state index in [1.807, 2.05) is 25.1 Å². The number of nitrogens with one attached hydrogen (secondary N) is 1. The van der Waals surface area contributed by atoms with Crippen LogP contribution in [0.15, 0.2) is 42.5 Å². The van der Waals surface area contributed by atoms with E-state index in [-0.39, 0.29) is 17.0 Å². The fourth-order valence-corrected chi connectivity index (χ4v) is 2.91. The second-order valence-electron chi connectivity index (χ2n) is 5.37. The van der Waals surface area contributed by atoms with Gasteiger partial charge in [0.1, 0.15) is 11.9 Å². The van der Waals surface area contributed by atoms with E-state index in [0.717, 1.165) is 18.7 Å². The molecule has 3 nitrogen and oxygen atoms in total. The number of para-hydroxylation sites is 1. The van der Waals surface area contributed by atoms with E-state index in [2.05, 4.69) is 16.3 Å². The lowest BCUT2D eigenvalue weighted by Crippen LogP contribution is -2.41. The van der Waals surface area contributed by atoms with Gasteiger partial charge in [0.15, 0.2) is 0 Å². The number of amides is 1. The van der Waals surface area contributed by atoms with Crippen LogP contribution in [0.2, 0.25) is 5.02 Å². The highest BCUT2D eigenvalue weighted by atomic mass is 35.5. The average Bonchev–Trinajstić information content (AvgIpc) is 2.94. The zero-order chi connectivity index (χ0) is 15.7. The van der Waals surface area contributed by atoms with Crippen molar-refractivity contribution >= 4 is 28.9 Å². The molecule has 0 aliphatic carbocycles. The maximum Gasteiger partial charge on any atom is 0.246 e. The molecule has 3 rings (SSSR count). The summed E-state index contributed by atoms with van der Waals surface area (Å²) in [6.45, 7) is 2.68. The highest BCUT2D eigenvalue weighted by Crippen LogP contribution is 2.29. The predicted molar refractivity (Wildman–Crippen MR) is 87.0 cm³/mol. The Bertz CT molecular complexity index is 720. The molecule has 0 radical (unpaired) electrons. The molecule has 0 spiro atoms. The Morgan fingerprint density at radius 2 is 2.09 bits per heavy atom. The number of benzene rings is 2. The molecule has 5 heteroatoms. The molecule has 2 aromatic rings. The number of fused-ring (bicyclic) bond motifs is 1. The minimum atomic E-state index is -0.499. The minimum Gasteiger partial charge on any atom is -0.359 e. The van der Waals surface area contributed by atoms with Gasteiger partial charge < -0.3 is 10.2 Å². The van der Waals surface area contributed by atoms with Gasteiger partial charge in [-0.05, 0) is 43.2 Å². The topological polar surface area (TPSA) is 32.3 Å². The maximum absolute atomic E-state index is 13.2. The molecule has 0 fully saturated rings. The zero-order valence-corrected chi connectivity index (χ0v) is 12.9. The normalized spacial score (nSPS) is 14.6. The van der Waals surface area contributed by atoms with Gasteiger partial charge in [-0.25, -0.2) is 4.39 Å². The van der Waals surface area contributed by atoms with Crippen LogP contribution in [0, 0.1) is 5.82 Å². The van der Waals surface area contributed by atoms with Crippen LogP contribution in [0.4, 0.5) is 15.8 Å². The van der Waals surface area contributed by atoms with E-state index < -0.39 is 5.82 Å². The Balaban J connectivity index is 1.74. The lowest BCUT2D eigenvalue weighted by atomic mass is 10.1. The molecule has 1 N–H and O–H groups in total. The van der Waals surface area contributed by atoms with Crippen LogP contribution in [0.1, 0.15) is 12.5 Å². The summed E-state index contributed by atoms with van der Waals surface area (Å²) in [5.74, 6) is -0.638. The molecule has 0 bridgehead atoms. The lowest BCUT2D eigenvalue weighted by molar-refractivity contribution is -0.117. The van der Waals surface area contributed by atoms with Crippen LogP contribution in [0.5, 0.6) is 0 Å². The molecule has 22 heavy (non-hydrogen) atoms. The zero-order valence-electron chi connectivity index (χ0n) is 12.1. The largest absolute Gasteiger partial charge is 0.359 e. The van der Waals surface area contributed by atoms with Crippen molar-refractivity contribution in [3.05, 3.63) is 58.9 Å². The van der Waals surface area contributed by atoms with Crippen LogP contribution < -0.4 is 10.2 Å². The van der Waals surface area contributed by atoms with Crippen LogP contribution in [0.3, 0.4) is 0 Å². The highest BCUT2D eigenvalue weighted by Gasteiger charge is 2.27. The number of hydrogen-bond acceptors (Lipinski definition) is 2. The third-order valence-corrected chi connectivity index (χ3v) is 4.25. The number of hydrogen-bond donors (Lipinski definition) is 1. The first-order valence-corrected chi connectivity index (χ1v) is 7.54. The lowest BCUT2D eigenvalue weighted by Gasteiger charge is -2.26. The van der Waals surface area contributed by atoms with Crippen LogP contribution in [-0.4, -0.2) is 18.5 Å². The molecule has 0 aromatic heterocycles. The molecule has 2 aromatic carbocycles. The monoisotopic (exact) mass is 318 g/mol. The van der Waals surface area contributed by atoms with Gasteiger partial charge in [0.25, 0.3) is 0 Å². The number of carbonyl (C=O) groups is 1. The van der Waals surface area contributed by atoms with Crippen LogP contribution >= 0.6 is 11.6 Å². The summed E-state index contributed by atoms with van der Waals surface area (Å²) in [6.07, 6.45) is 0.941. The molecule has 1 atom stereocenters. The molecule has 1 aliphatic heterocycles. The molecule has 1 aliphatic rings. The van der Waals surface area contributed by atoms with Crippen molar-refractivity contribution in [2.75, 3.05) is 16.8 Å². The van der Waals surface area contributed by atoms with Crippen molar-refractivity contribution in [1.82, 2.24) is 0 Å². The number of nitrogens with zero attached hydrogens (tertiary/aromatic N) is 1.